The zero-order valence-electron chi connectivity index (χ0n) is 12.1. The van der Waals surface area contributed by atoms with Crippen LogP contribution >= 0.6 is 0 Å². The molecule has 3 heterocycles. The van der Waals surface area contributed by atoms with Crippen LogP contribution in [0.15, 0.2) is 24.4 Å². The monoisotopic (exact) mass is 285 g/mol. The lowest BCUT2D eigenvalue weighted by Gasteiger charge is -2.25. The maximum atomic E-state index is 6.09. The Kier molecular flexibility index (Phi) is 2.89. The molecule has 0 spiro atoms. The van der Waals surface area contributed by atoms with E-state index in [1.54, 1.807) is 0 Å². The Morgan fingerprint density at radius 1 is 1.24 bits per heavy atom. The Bertz CT molecular complexity index is 680. The van der Waals surface area contributed by atoms with Crippen LogP contribution < -0.4 is 15.2 Å². The van der Waals surface area contributed by atoms with Crippen molar-refractivity contribution in [1.29, 1.82) is 0 Å². The highest BCUT2D eigenvalue weighted by Gasteiger charge is 2.24. The van der Waals surface area contributed by atoms with Crippen LogP contribution in [0.5, 0.6) is 11.5 Å². The SMILES string of the molecule is CC1CC(N)Cn2cc(-c3ccc4c(c3)OCCO4)nc21. The fourth-order valence-corrected chi connectivity index (χ4v) is 3.20. The minimum atomic E-state index is 0.217. The van der Waals surface area contributed by atoms with Gasteiger partial charge in [0.2, 0.25) is 0 Å². The molecule has 2 N–H and O–H groups in total. The van der Waals surface area contributed by atoms with Crippen molar-refractivity contribution >= 4 is 0 Å². The Hall–Kier alpha value is -2.01. The van der Waals surface area contributed by atoms with Crippen LogP contribution in [-0.2, 0) is 6.54 Å². The summed E-state index contributed by atoms with van der Waals surface area (Å²) in [6.45, 7) is 4.24. The van der Waals surface area contributed by atoms with E-state index in [4.69, 9.17) is 20.2 Å². The average molecular weight is 285 g/mol. The first kappa shape index (κ1) is 12.7. The molecule has 0 radical (unpaired) electrons. The van der Waals surface area contributed by atoms with E-state index in [1.807, 2.05) is 18.2 Å². The third kappa shape index (κ3) is 2.17. The van der Waals surface area contributed by atoms with E-state index in [1.165, 1.54) is 0 Å². The van der Waals surface area contributed by atoms with Gasteiger partial charge in [-0.25, -0.2) is 4.98 Å². The second kappa shape index (κ2) is 4.77. The molecule has 2 atom stereocenters. The van der Waals surface area contributed by atoms with Gasteiger partial charge in [0.05, 0.1) is 5.69 Å². The lowest BCUT2D eigenvalue weighted by Crippen LogP contribution is -2.33. The topological polar surface area (TPSA) is 62.3 Å². The average Bonchev–Trinajstić information content (AvgIpc) is 2.91. The number of hydrogen-bond acceptors (Lipinski definition) is 4. The van der Waals surface area contributed by atoms with Crippen LogP contribution in [0, 0.1) is 0 Å². The molecule has 0 saturated heterocycles. The number of fused-ring (bicyclic) bond motifs is 2. The van der Waals surface area contributed by atoms with Crippen LogP contribution in [0.3, 0.4) is 0 Å². The van der Waals surface area contributed by atoms with E-state index >= 15 is 0 Å². The summed E-state index contributed by atoms with van der Waals surface area (Å²) in [5, 5.41) is 0. The van der Waals surface area contributed by atoms with E-state index in [-0.39, 0.29) is 6.04 Å². The molecule has 5 heteroatoms. The Balaban J connectivity index is 1.72. The minimum absolute atomic E-state index is 0.217. The molecule has 21 heavy (non-hydrogen) atoms. The predicted octanol–water partition coefficient (Wildman–Crippen LogP) is 2.16. The molecule has 0 amide bonds. The summed E-state index contributed by atoms with van der Waals surface area (Å²) in [6.07, 6.45) is 3.09. The highest BCUT2D eigenvalue weighted by Crippen LogP contribution is 2.35. The van der Waals surface area contributed by atoms with E-state index < -0.39 is 0 Å². The van der Waals surface area contributed by atoms with Gasteiger partial charge in [0.1, 0.15) is 19.0 Å². The van der Waals surface area contributed by atoms with Crippen LogP contribution in [0.25, 0.3) is 11.3 Å². The molecular weight excluding hydrogens is 266 g/mol. The summed E-state index contributed by atoms with van der Waals surface area (Å²) in [5.41, 5.74) is 8.13. The van der Waals surface area contributed by atoms with Crippen molar-refractivity contribution in [2.45, 2.75) is 31.8 Å². The third-order valence-corrected chi connectivity index (χ3v) is 4.17. The third-order valence-electron chi connectivity index (χ3n) is 4.17. The van der Waals surface area contributed by atoms with Crippen LogP contribution in [0.2, 0.25) is 0 Å². The molecule has 110 valence electrons. The van der Waals surface area contributed by atoms with E-state index in [2.05, 4.69) is 17.7 Å². The quantitative estimate of drug-likeness (QED) is 0.872. The molecule has 1 aromatic carbocycles. The highest BCUT2D eigenvalue weighted by molar-refractivity contribution is 5.64. The van der Waals surface area contributed by atoms with Crippen molar-refractivity contribution in [3.63, 3.8) is 0 Å². The Labute approximate surface area is 123 Å². The van der Waals surface area contributed by atoms with Gasteiger partial charge < -0.3 is 19.8 Å². The van der Waals surface area contributed by atoms with Crippen molar-refractivity contribution < 1.29 is 9.47 Å². The number of nitrogens with zero attached hydrogens (tertiary/aromatic N) is 2. The van der Waals surface area contributed by atoms with Gasteiger partial charge in [-0.15, -0.1) is 0 Å². The first-order valence-corrected chi connectivity index (χ1v) is 7.43. The molecule has 0 fully saturated rings. The van der Waals surface area contributed by atoms with Crippen molar-refractivity contribution in [3.05, 3.63) is 30.2 Å². The predicted molar refractivity (Wildman–Crippen MR) is 79.7 cm³/mol. The van der Waals surface area contributed by atoms with Gasteiger partial charge in [0.25, 0.3) is 0 Å². The van der Waals surface area contributed by atoms with Gasteiger partial charge in [-0.05, 0) is 24.6 Å². The van der Waals surface area contributed by atoms with Crippen LogP contribution in [0.1, 0.15) is 25.1 Å². The normalized spacial score (nSPS) is 23.7. The van der Waals surface area contributed by atoms with Crippen molar-refractivity contribution in [2.24, 2.45) is 5.73 Å². The summed E-state index contributed by atoms with van der Waals surface area (Å²) < 4.78 is 13.4. The highest BCUT2D eigenvalue weighted by atomic mass is 16.6. The van der Waals surface area contributed by atoms with E-state index in [9.17, 15) is 0 Å². The largest absolute Gasteiger partial charge is 0.486 e. The number of ether oxygens (including phenoxy) is 2. The summed E-state index contributed by atoms with van der Waals surface area (Å²) >= 11 is 0. The van der Waals surface area contributed by atoms with E-state index in [0.717, 1.165) is 41.5 Å². The van der Waals surface area contributed by atoms with Gasteiger partial charge >= 0.3 is 0 Å². The maximum Gasteiger partial charge on any atom is 0.162 e. The van der Waals surface area contributed by atoms with Crippen LogP contribution in [0.4, 0.5) is 0 Å². The number of nitrogens with two attached hydrogens (primary N) is 1. The summed E-state index contributed by atoms with van der Waals surface area (Å²) in [7, 11) is 0. The van der Waals surface area contributed by atoms with Gasteiger partial charge in [-0.1, -0.05) is 6.92 Å². The number of hydrogen-bond donors (Lipinski definition) is 1. The van der Waals surface area contributed by atoms with Crippen molar-refractivity contribution in [3.8, 4) is 22.8 Å². The molecular formula is C16H19N3O2. The summed E-state index contributed by atoms with van der Waals surface area (Å²) in [6, 6.07) is 6.21. The van der Waals surface area contributed by atoms with Gasteiger partial charge in [-0.3, -0.25) is 0 Å². The molecule has 2 aliphatic heterocycles. The molecule has 2 aromatic rings. The zero-order valence-corrected chi connectivity index (χ0v) is 12.1. The van der Waals surface area contributed by atoms with E-state index in [0.29, 0.717) is 19.1 Å². The second-order valence-electron chi connectivity index (χ2n) is 5.89. The molecule has 0 aliphatic carbocycles. The van der Waals surface area contributed by atoms with Gasteiger partial charge in [0, 0.05) is 30.3 Å². The molecule has 0 saturated carbocycles. The number of benzene rings is 1. The van der Waals surface area contributed by atoms with Gasteiger partial charge in [-0.2, -0.15) is 0 Å². The lowest BCUT2D eigenvalue weighted by atomic mass is 9.98. The molecule has 2 unspecified atom stereocenters. The molecule has 5 nitrogen and oxygen atoms in total. The summed E-state index contributed by atoms with van der Waals surface area (Å²) in [5.74, 6) is 3.14. The second-order valence-corrected chi connectivity index (χ2v) is 5.89. The minimum Gasteiger partial charge on any atom is -0.486 e. The molecule has 2 aliphatic rings. The summed E-state index contributed by atoms with van der Waals surface area (Å²) in [4.78, 5) is 4.80. The fraction of sp³-hybridized carbons (Fsp3) is 0.438. The molecule has 4 rings (SSSR count). The number of imidazole rings is 1. The van der Waals surface area contributed by atoms with Crippen molar-refractivity contribution in [1.82, 2.24) is 9.55 Å². The fourth-order valence-electron chi connectivity index (χ4n) is 3.20. The number of rotatable bonds is 1. The van der Waals surface area contributed by atoms with Crippen molar-refractivity contribution in [2.75, 3.05) is 13.2 Å². The zero-order chi connectivity index (χ0) is 14.4. The Morgan fingerprint density at radius 2 is 2.05 bits per heavy atom. The maximum absolute atomic E-state index is 6.09. The molecule has 0 bridgehead atoms. The Morgan fingerprint density at radius 3 is 2.90 bits per heavy atom. The first-order valence-electron chi connectivity index (χ1n) is 7.43. The first-order chi connectivity index (χ1) is 10.2. The smallest absolute Gasteiger partial charge is 0.162 e. The number of aromatic nitrogens is 2. The van der Waals surface area contributed by atoms with Crippen LogP contribution in [-0.4, -0.2) is 28.8 Å². The molecule has 1 aromatic heterocycles. The van der Waals surface area contributed by atoms with Gasteiger partial charge in [0.15, 0.2) is 11.5 Å². The standard InChI is InChI=1S/C16H19N3O2/c1-10-6-12(17)8-19-9-13(18-16(10)19)11-2-3-14-15(7-11)21-5-4-20-14/h2-3,7,9-10,12H,4-6,8,17H2,1H3. The lowest BCUT2D eigenvalue weighted by molar-refractivity contribution is 0.171.